The largest absolute Gasteiger partial charge is 0.497 e. The predicted octanol–water partition coefficient (Wildman–Crippen LogP) is 3.60. The average molecular weight is 490 g/mol. The Morgan fingerprint density at radius 3 is 2.73 bits per heavy atom. The summed E-state index contributed by atoms with van der Waals surface area (Å²) in [6.07, 6.45) is 1.86. The summed E-state index contributed by atoms with van der Waals surface area (Å²) in [6, 6.07) is 7.61. The molecule has 0 aliphatic rings. The Hall–Kier alpha value is -1.55. The van der Waals surface area contributed by atoms with Crippen LogP contribution in [0.4, 0.5) is 0 Å². The van der Waals surface area contributed by atoms with Gasteiger partial charge in [-0.15, -0.1) is 35.3 Å². The predicted molar refractivity (Wildman–Crippen MR) is 118 cm³/mol. The van der Waals surface area contributed by atoms with E-state index in [2.05, 4.69) is 20.6 Å². The summed E-state index contributed by atoms with van der Waals surface area (Å²) in [5, 5.41) is 7.62. The molecule has 26 heavy (non-hydrogen) atoms. The normalized spacial score (nSPS) is 12.1. The van der Waals surface area contributed by atoms with Crippen LogP contribution in [0.25, 0.3) is 0 Å². The Kier molecular flexibility index (Phi) is 10.3. The molecule has 0 saturated carbocycles. The topological polar surface area (TPSA) is 67.8 Å². The molecule has 0 aliphatic heterocycles. The first kappa shape index (κ1) is 22.5. The van der Waals surface area contributed by atoms with Gasteiger partial charge < -0.3 is 20.1 Å². The smallest absolute Gasteiger partial charge is 0.191 e. The zero-order chi connectivity index (χ0) is 18.1. The maximum absolute atomic E-state index is 5.92. The summed E-state index contributed by atoms with van der Waals surface area (Å²) >= 11 is 1.67. The van der Waals surface area contributed by atoms with E-state index in [0.717, 1.165) is 33.9 Å². The number of guanidine groups is 1. The van der Waals surface area contributed by atoms with Gasteiger partial charge in [-0.05, 0) is 32.9 Å². The second-order valence-electron chi connectivity index (χ2n) is 5.53. The third-order valence-corrected chi connectivity index (χ3v) is 4.24. The van der Waals surface area contributed by atoms with Gasteiger partial charge in [0.1, 0.15) is 17.6 Å². The lowest BCUT2D eigenvalue weighted by Gasteiger charge is -2.18. The van der Waals surface area contributed by atoms with Gasteiger partial charge in [-0.1, -0.05) is 6.07 Å². The van der Waals surface area contributed by atoms with E-state index in [0.29, 0.717) is 13.1 Å². The number of aliphatic imine (C=N–C) groups is 1. The number of hydrogen-bond acceptors (Lipinski definition) is 5. The molecule has 0 saturated heterocycles. The van der Waals surface area contributed by atoms with Crippen molar-refractivity contribution in [3.8, 4) is 11.5 Å². The van der Waals surface area contributed by atoms with Crippen molar-refractivity contribution in [2.45, 2.75) is 33.4 Å². The molecule has 0 radical (unpaired) electrons. The number of halogens is 1. The third kappa shape index (κ3) is 7.77. The van der Waals surface area contributed by atoms with Crippen LogP contribution >= 0.6 is 35.3 Å². The number of benzene rings is 1. The molecule has 0 spiro atoms. The van der Waals surface area contributed by atoms with Crippen LogP contribution in [0.3, 0.4) is 0 Å². The highest BCUT2D eigenvalue weighted by molar-refractivity contribution is 14.0. The molecule has 6 nitrogen and oxygen atoms in total. The Labute approximate surface area is 176 Å². The van der Waals surface area contributed by atoms with Gasteiger partial charge in [-0.3, -0.25) is 0 Å². The van der Waals surface area contributed by atoms with E-state index in [1.165, 1.54) is 0 Å². The monoisotopic (exact) mass is 490 g/mol. The van der Waals surface area contributed by atoms with E-state index in [-0.39, 0.29) is 30.1 Å². The highest BCUT2D eigenvalue weighted by Gasteiger charge is 2.07. The SMILES string of the molecule is CCNC(=NCc1cnc(C)s1)NCC(C)Oc1cccc(OC)c1.I. The summed E-state index contributed by atoms with van der Waals surface area (Å²) in [6.45, 7) is 8.13. The number of nitrogens with one attached hydrogen (secondary N) is 2. The molecule has 1 aromatic heterocycles. The summed E-state index contributed by atoms with van der Waals surface area (Å²) in [4.78, 5) is 10.00. The summed E-state index contributed by atoms with van der Waals surface area (Å²) < 4.78 is 11.1. The van der Waals surface area contributed by atoms with E-state index in [1.54, 1.807) is 18.4 Å². The van der Waals surface area contributed by atoms with Gasteiger partial charge in [0.05, 0.1) is 25.2 Å². The third-order valence-electron chi connectivity index (χ3n) is 3.34. The van der Waals surface area contributed by atoms with E-state index >= 15 is 0 Å². The molecule has 1 aromatic carbocycles. The molecular formula is C18H27IN4O2S. The first-order valence-electron chi connectivity index (χ1n) is 8.35. The molecular weight excluding hydrogens is 463 g/mol. The van der Waals surface area contributed by atoms with E-state index in [9.17, 15) is 0 Å². The number of nitrogens with zero attached hydrogens (tertiary/aromatic N) is 2. The van der Waals surface area contributed by atoms with Crippen LogP contribution < -0.4 is 20.1 Å². The number of thiazole rings is 1. The molecule has 1 heterocycles. The lowest BCUT2D eigenvalue weighted by atomic mass is 10.3. The average Bonchev–Trinajstić information content (AvgIpc) is 3.03. The second kappa shape index (κ2) is 11.9. The minimum Gasteiger partial charge on any atom is -0.497 e. The van der Waals surface area contributed by atoms with Crippen LogP contribution in [0.1, 0.15) is 23.7 Å². The second-order valence-corrected chi connectivity index (χ2v) is 6.85. The van der Waals surface area contributed by atoms with Crippen molar-refractivity contribution in [2.75, 3.05) is 20.2 Å². The van der Waals surface area contributed by atoms with Crippen molar-refractivity contribution in [2.24, 2.45) is 4.99 Å². The molecule has 1 unspecified atom stereocenters. The van der Waals surface area contributed by atoms with Gasteiger partial charge in [0.25, 0.3) is 0 Å². The van der Waals surface area contributed by atoms with Gasteiger partial charge in [0, 0.05) is 23.7 Å². The molecule has 2 aromatic rings. The fourth-order valence-electron chi connectivity index (χ4n) is 2.17. The van der Waals surface area contributed by atoms with Crippen molar-refractivity contribution in [1.82, 2.24) is 15.6 Å². The van der Waals surface area contributed by atoms with Crippen molar-refractivity contribution >= 4 is 41.3 Å². The highest BCUT2D eigenvalue weighted by Crippen LogP contribution is 2.19. The van der Waals surface area contributed by atoms with Gasteiger partial charge >= 0.3 is 0 Å². The standard InChI is InChI=1S/C18H26N4O2S.HI/c1-5-19-18(22-12-17-11-20-14(3)25-17)21-10-13(2)24-16-8-6-7-15(9-16)23-4;/h6-9,11,13H,5,10,12H2,1-4H3,(H2,19,21,22);1H. The zero-order valence-corrected chi connectivity index (χ0v) is 18.8. The maximum Gasteiger partial charge on any atom is 0.191 e. The molecule has 0 amide bonds. The van der Waals surface area contributed by atoms with Gasteiger partial charge in [-0.2, -0.15) is 0 Å². The molecule has 0 fully saturated rings. The first-order chi connectivity index (χ1) is 12.1. The Morgan fingerprint density at radius 1 is 1.31 bits per heavy atom. The summed E-state index contributed by atoms with van der Waals surface area (Å²) in [7, 11) is 1.65. The Balaban J connectivity index is 0.00000338. The molecule has 2 rings (SSSR count). The fourth-order valence-corrected chi connectivity index (χ4v) is 2.89. The van der Waals surface area contributed by atoms with Gasteiger partial charge in [-0.25, -0.2) is 9.98 Å². The number of aryl methyl sites for hydroxylation is 1. The maximum atomic E-state index is 5.92. The van der Waals surface area contributed by atoms with Crippen molar-refractivity contribution in [3.05, 3.63) is 40.3 Å². The number of aromatic nitrogens is 1. The van der Waals surface area contributed by atoms with Crippen LogP contribution in [0.2, 0.25) is 0 Å². The van der Waals surface area contributed by atoms with Crippen LogP contribution in [0, 0.1) is 6.92 Å². The van der Waals surface area contributed by atoms with Gasteiger partial charge in [0.15, 0.2) is 5.96 Å². The van der Waals surface area contributed by atoms with Crippen LogP contribution in [-0.4, -0.2) is 37.2 Å². The molecule has 144 valence electrons. The van der Waals surface area contributed by atoms with Crippen LogP contribution in [0.15, 0.2) is 35.5 Å². The summed E-state index contributed by atoms with van der Waals surface area (Å²) in [5.41, 5.74) is 0. The molecule has 2 N–H and O–H groups in total. The van der Waals surface area contributed by atoms with Crippen molar-refractivity contribution in [1.29, 1.82) is 0 Å². The quantitative estimate of drug-likeness (QED) is 0.336. The zero-order valence-electron chi connectivity index (χ0n) is 15.6. The molecule has 0 aliphatic carbocycles. The Bertz CT molecular complexity index is 693. The van der Waals surface area contributed by atoms with Gasteiger partial charge in [0.2, 0.25) is 0 Å². The number of hydrogen-bond donors (Lipinski definition) is 2. The highest BCUT2D eigenvalue weighted by atomic mass is 127. The minimum absolute atomic E-state index is 0. The lowest BCUT2D eigenvalue weighted by Crippen LogP contribution is -2.41. The minimum atomic E-state index is -0.0124. The number of rotatable bonds is 8. The van der Waals surface area contributed by atoms with E-state index in [1.807, 2.05) is 51.2 Å². The Morgan fingerprint density at radius 2 is 2.08 bits per heavy atom. The molecule has 0 bridgehead atoms. The van der Waals surface area contributed by atoms with E-state index < -0.39 is 0 Å². The molecule has 8 heteroatoms. The van der Waals surface area contributed by atoms with E-state index in [4.69, 9.17) is 9.47 Å². The number of ether oxygens (including phenoxy) is 2. The fraction of sp³-hybridized carbons (Fsp3) is 0.444. The van der Waals surface area contributed by atoms with Crippen molar-refractivity contribution in [3.63, 3.8) is 0 Å². The van der Waals surface area contributed by atoms with Crippen LogP contribution in [-0.2, 0) is 6.54 Å². The lowest BCUT2D eigenvalue weighted by molar-refractivity contribution is 0.223. The molecule has 1 atom stereocenters. The summed E-state index contributed by atoms with van der Waals surface area (Å²) in [5.74, 6) is 2.35. The van der Waals surface area contributed by atoms with Crippen LogP contribution in [0.5, 0.6) is 11.5 Å². The van der Waals surface area contributed by atoms with Crippen molar-refractivity contribution < 1.29 is 9.47 Å². The first-order valence-corrected chi connectivity index (χ1v) is 9.16. The number of methoxy groups -OCH3 is 1.